The molecule has 2 aromatic heterocycles. The first-order chi connectivity index (χ1) is 13.1. The third-order valence-corrected chi connectivity index (χ3v) is 7.50. The number of rotatable bonds is 5. The molecule has 27 heavy (non-hydrogen) atoms. The first-order valence-corrected chi connectivity index (χ1v) is 11.0. The summed E-state index contributed by atoms with van der Waals surface area (Å²) in [6.45, 7) is 4.11. The van der Waals surface area contributed by atoms with Crippen LogP contribution in [0.5, 0.6) is 0 Å². The van der Waals surface area contributed by atoms with Gasteiger partial charge in [0.25, 0.3) is 5.89 Å². The highest BCUT2D eigenvalue weighted by atomic mass is 32.2. The molecular weight excluding hydrogens is 384 g/mol. The molecule has 0 saturated carbocycles. The lowest BCUT2D eigenvalue weighted by molar-refractivity contribution is 0.129. The van der Waals surface area contributed by atoms with E-state index in [1.165, 1.54) is 4.31 Å². The SMILES string of the molecule is C[C@H](c1nnc(-c2cccs2)o1)N1CCN(S(=O)(=O)c2ccccc2)CC1. The molecule has 1 aromatic carbocycles. The summed E-state index contributed by atoms with van der Waals surface area (Å²) >= 11 is 1.55. The second-order valence-corrected chi connectivity index (χ2v) is 9.24. The molecule has 0 unspecified atom stereocenters. The third kappa shape index (κ3) is 3.68. The molecule has 0 aliphatic carbocycles. The fourth-order valence-electron chi connectivity index (χ4n) is 3.13. The van der Waals surface area contributed by atoms with Crippen molar-refractivity contribution in [1.29, 1.82) is 0 Å². The van der Waals surface area contributed by atoms with Gasteiger partial charge in [-0.3, -0.25) is 4.90 Å². The van der Waals surface area contributed by atoms with Crippen molar-refractivity contribution < 1.29 is 12.8 Å². The summed E-state index contributed by atoms with van der Waals surface area (Å²) in [5, 5.41) is 10.3. The van der Waals surface area contributed by atoms with Gasteiger partial charge >= 0.3 is 0 Å². The lowest BCUT2D eigenvalue weighted by atomic mass is 10.2. The Hall–Kier alpha value is -2.07. The highest BCUT2D eigenvalue weighted by Gasteiger charge is 2.31. The Bertz CT molecular complexity index is 979. The Morgan fingerprint density at radius 1 is 1.04 bits per heavy atom. The van der Waals surface area contributed by atoms with E-state index in [9.17, 15) is 8.42 Å². The standard InChI is InChI=1S/C18H20N4O3S2/c1-14(17-19-20-18(25-17)16-8-5-13-26-16)21-9-11-22(12-10-21)27(23,24)15-6-3-2-4-7-15/h2-8,13-14H,9-12H2,1H3/t14-/m1/s1. The van der Waals surface area contributed by atoms with Crippen LogP contribution in [0.1, 0.15) is 18.9 Å². The van der Waals surface area contributed by atoms with Crippen LogP contribution in [0.25, 0.3) is 10.8 Å². The van der Waals surface area contributed by atoms with Crippen molar-refractivity contribution in [3.05, 3.63) is 53.7 Å². The number of sulfonamides is 1. The average molecular weight is 405 g/mol. The zero-order valence-electron chi connectivity index (χ0n) is 14.9. The van der Waals surface area contributed by atoms with Crippen molar-refractivity contribution in [1.82, 2.24) is 19.4 Å². The highest BCUT2D eigenvalue weighted by molar-refractivity contribution is 7.89. The second-order valence-electron chi connectivity index (χ2n) is 6.35. The van der Waals surface area contributed by atoms with E-state index >= 15 is 0 Å². The zero-order valence-corrected chi connectivity index (χ0v) is 16.5. The van der Waals surface area contributed by atoms with Crippen LogP contribution in [0, 0.1) is 0 Å². The van der Waals surface area contributed by atoms with Gasteiger partial charge in [0, 0.05) is 26.2 Å². The van der Waals surface area contributed by atoms with Crippen LogP contribution in [0.2, 0.25) is 0 Å². The number of aromatic nitrogens is 2. The highest BCUT2D eigenvalue weighted by Crippen LogP contribution is 2.28. The molecule has 142 valence electrons. The normalized spacial score (nSPS) is 17.8. The molecule has 1 atom stereocenters. The molecule has 1 aliphatic rings. The summed E-state index contributed by atoms with van der Waals surface area (Å²) in [4.78, 5) is 3.45. The summed E-state index contributed by atoms with van der Waals surface area (Å²) in [7, 11) is -3.44. The van der Waals surface area contributed by atoms with Gasteiger partial charge in [-0.1, -0.05) is 24.3 Å². The predicted molar refractivity (Wildman–Crippen MR) is 103 cm³/mol. The zero-order chi connectivity index (χ0) is 18.9. The first-order valence-electron chi connectivity index (χ1n) is 8.72. The van der Waals surface area contributed by atoms with E-state index in [-0.39, 0.29) is 6.04 Å². The number of nitrogens with zero attached hydrogens (tertiary/aromatic N) is 4. The van der Waals surface area contributed by atoms with Crippen LogP contribution >= 0.6 is 11.3 Å². The number of hydrogen-bond donors (Lipinski definition) is 0. The van der Waals surface area contributed by atoms with Crippen molar-refractivity contribution >= 4 is 21.4 Å². The van der Waals surface area contributed by atoms with E-state index in [1.807, 2.05) is 30.5 Å². The van der Waals surface area contributed by atoms with Gasteiger partial charge in [0.05, 0.1) is 15.8 Å². The minimum Gasteiger partial charge on any atom is -0.418 e. The van der Waals surface area contributed by atoms with E-state index in [0.717, 1.165) is 4.88 Å². The summed E-state index contributed by atoms with van der Waals surface area (Å²) in [5.41, 5.74) is 0. The minimum absolute atomic E-state index is 0.0622. The van der Waals surface area contributed by atoms with Crippen LogP contribution < -0.4 is 0 Å². The number of benzene rings is 1. The molecule has 0 N–H and O–H groups in total. The van der Waals surface area contributed by atoms with Gasteiger partial charge < -0.3 is 4.42 Å². The molecule has 3 aromatic rings. The van der Waals surface area contributed by atoms with Crippen LogP contribution in [-0.4, -0.2) is 54.0 Å². The fraction of sp³-hybridized carbons (Fsp3) is 0.333. The quantitative estimate of drug-likeness (QED) is 0.651. The smallest absolute Gasteiger partial charge is 0.257 e. The number of hydrogen-bond acceptors (Lipinski definition) is 7. The van der Waals surface area contributed by atoms with E-state index < -0.39 is 10.0 Å². The molecule has 1 aliphatic heterocycles. The van der Waals surface area contributed by atoms with Crippen LogP contribution in [0.4, 0.5) is 0 Å². The number of piperazine rings is 1. The summed E-state index contributed by atoms with van der Waals surface area (Å²) < 4.78 is 32.8. The molecule has 0 bridgehead atoms. The first kappa shape index (κ1) is 18.3. The van der Waals surface area contributed by atoms with E-state index in [2.05, 4.69) is 15.1 Å². The molecule has 9 heteroatoms. The van der Waals surface area contributed by atoms with Gasteiger partial charge in [0.1, 0.15) is 0 Å². The van der Waals surface area contributed by atoms with Gasteiger partial charge in [-0.25, -0.2) is 8.42 Å². The summed E-state index contributed by atoms with van der Waals surface area (Å²) in [6, 6.07) is 12.4. The predicted octanol–water partition coefficient (Wildman–Crippen LogP) is 2.87. The van der Waals surface area contributed by atoms with Crippen molar-refractivity contribution in [3.8, 4) is 10.8 Å². The van der Waals surface area contributed by atoms with Gasteiger partial charge in [-0.05, 0) is 30.5 Å². The van der Waals surface area contributed by atoms with Crippen LogP contribution in [-0.2, 0) is 10.0 Å². The van der Waals surface area contributed by atoms with Crippen molar-refractivity contribution in [2.75, 3.05) is 26.2 Å². The molecular formula is C18H20N4O3S2. The van der Waals surface area contributed by atoms with Gasteiger partial charge in [0.2, 0.25) is 15.9 Å². The molecule has 3 heterocycles. The Labute approximate surface area is 162 Å². The topological polar surface area (TPSA) is 79.5 Å². The van der Waals surface area contributed by atoms with E-state index in [0.29, 0.717) is 42.9 Å². The maximum Gasteiger partial charge on any atom is 0.257 e. The maximum atomic E-state index is 12.7. The number of thiophene rings is 1. The minimum atomic E-state index is -3.44. The average Bonchev–Trinajstić information content (AvgIpc) is 3.40. The van der Waals surface area contributed by atoms with Crippen molar-refractivity contribution in [3.63, 3.8) is 0 Å². The molecule has 4 rings (SSSR count). The maximum absolute atomic E-state index is 12.7. The van der Waals surface area contributed by atoms with E-state index in [1.54, 1.807) is 35.6 Å². The van der Waals surface area contributed by atoms with Gasteiger partial charge in [-0.15, -0.1) is 21.5 Å². The summed E-state index contributed by atoms with van der Waals surface area (Å²) in [5.74, 6) is 1.08. The Morgan fingerprint density at radius 3 is 2.44 bits per heavy atom. The Kier molecular flexibility index (Phi) is 5.09. The fourth-order valence-corrected chi connectivity index (χ4v) is 5.22. The van der Waals surface area contributed by atoms with Crippen molar-refractivity contribution in [2.24, 2.45) is 0 Å². The van der Waals surface area contributed by atoms with Crippen LogP contribution in [0.15, 0.2) is 57.2 Å². The Balaban J connectivity index is 1.42. The second kappa shape index (κ2) is 7.51. The largest absolute Gasteiger partial charge is 0.418 e. The Morgan fingerprint density at radius 2 is 1.78 bits per heavy atom. The van der Waals surface area contributed by atoms with Crippen LogP contribution in [0.3, 0.4) is 0 Å². The lowest BCUT2D eigenvalue weighted by Gasteiger charge is -2.36. The summed E-state index contributed by atoms with van der Waals surface area (Å²) in [6.07, 6.45) is 0. The van der Waals surface area contributed by atoms with E-state index in [4.69, 9.17) is 4.42 Å². The molecule has 7 nitrogen and oxygen atoms in total. The molecule has 0 spiro atoms. The molecule has 1 fully saturated rings. The third-order valence-electron chi connectivity index (χ3n) is 4.73. The molecule has 0 amide bonds. The molecule has 1 saturated heterocycles. The van der Waals surface area contributed by atoms with Gasteiger partial charge in [0.15, 0.2) is 0 Å². The van der Waals surface area contributed by atoms with Gasteiger partial charge in [-0.2, -0.15) is 4.31 Å². The lowest BCUT2D eigenvalue weighted by Crippen LogP contribution is -2.49. The van der Waals surface area contributed by atoms with Crippen molar-refractivity contribution in [2.45, 2.75) is 17.9 Å². The molecule has 0 radical (unpaired) electrons. The monoisotopic (exact) mass is 404 g/mol.